The van der Waals surface area contributed by atoms with E-state index in [1.807, 2.05) is 6.07 Å². The van der Waals surface area contributed by atoms with E-state index in [-0.39, 0.29) is 11.8 Å². The maximum absolute atomic E-state index is 12.0. The van der Waals surface area contributed by atoms with Crippen LogP contribution in [0.5, 0.6) is 0 Å². The number of fused-ring (bicyclic) bond motifs is 1. The molecule has 1 aliphatic rings. The first-order valence-electron chi connectivity index (χ1n) is 7.52. The van der Waals surface area contributed by atoms with Crippen LogP contribution in [0.25, 0.3) is 11.0 Å². The molecule has 2 N–H and O–H groups in total. The van der Waals surface area contributed by atoms with Gasteiger partial charge in [0, 0.05) is 12.5 Å². The Kier molecular flexibility index (Phi) is 4.00. The number of rotatable bonds is 4. The summed E-state index contributed by atoms with van der Waals surface area (Å²) in [6.07, 6.45) is 8.39. The zero-order chi connectivity index (χ0) is 13.8. The molecular formula is C16H21N3O. The number of amides is 1. The molecule has 0 radical (unpaired) electrons. The molecule has 1 aliphatic carbocycles. The van der Waals surface area contributed by atoms with Crippen molar-refractivity contribution < 1.29 is 4.79 Å². The number of nitrogens with zero attached hydrogens (tertiary/aromatic N) is 1. The highest BCUT2D eigenvalue weighted by Crippen LogP contribution is 2.23. The van der Waals surface area contributed by atoms with Gasteiger partial charge in [-0.15, -0.1) is 0 Å². The summed E-state index contributed by atoms with van der Waals surface area (Å²) in [5, 5.41) is 3.08. The lowest BCUT2D eigenvalue weighted by Gasteiger charge is -2.20. The average molecular weight is 271 g/mol. The van der Waals surface area contributed by atoms with Crippen LogP contribution < -0.4 is 5.32 Å². The van der Waals surface area contributed by atoms with Crippen molar-refractivity contribution >= 4 is 16.9 Å². The largest absolute Gasteiger partial charge is 0.356 e. The Balaban J connectivity index is 1.50. The number of nitrogens with one attached hydrogen (secondary N) is 2. The van der Waals surface area contributed by atoms with E-state index >= 15 is 0 Å². The summed E-state index contributed by atoms with van der Waals surface area (Å²) in [4.78, 5) is 19.3. The SMILES string of the molecule is O=C(NCCc1ccc2nc[nH]c2c1)C1CCCCC1. The molecule has 1 saturated carbocycles. The summed E-state index contributed by atoms with van der Waals surface area (Å²) in [6, 6.07) is 6.20. The lowest BCUT2D eigenvalue weighted by molar-refractivity contribution is -0.125. The highest BCUT2D eigenvalue weighted by molar-refractivity contribution is 5.78. The number of carbonyl (C=O) groups excluding carboxylic acids is 1. The van der Waals surface area contributed by atoms with Gasteiger partial charge in [0.05, 0.1) is 17.4 Å². The molecule has 4 heteroatoms. The van der Waals surface area contributed by atoms with Gasteiger partial charge in [0.25, 0.3) is 0 Å². The van der Waals surface area contributed by atoms with Crippen molar-refractivity contribution in [1.29, 1.82) is 0 Å². The van der Waals surface area contributed by atoms with Crippen LogP contribution >= 0.6 is 0 Å². The number of imidazole rings is 1. The number of H-pyrrole nitrogens is 1. The Morgan fingerprint density at radius 2 is 2.15 bits per heavy atom. The van der Waals surface area contributed by atoms with Gasteiger partial charge in [-0.2, -0.15) is 0 Å². The minimum atomic E-state index is 0.243. The van der Waals surface area contributed by atoms with E-state index in [1.54, 1.807) is 6.33 Å². The number of hydrogen-bond acceptors (Lipinski definition) is 2. The zero-order valence-corrected chi connectivity index (χ0v) is 11.7. The first-order chi connectivity index (χ1) is 9.83. The van der Waals surface area contributed by atoms with Crippen LogP contribution in [0.15, 0.2) is 24.5 Å². The van der Waals surface area contributed by atoms with Gasteiger partial charge in [0.1, 0.15) is 0 Å². The number of hydrogen-bond donors (Lipinski definition) is 2. The van der Waals surface area contributed by atoms with E-state index in [1.165, 1.54) is 24.8 Å². The van der Waals surface area contributed by atoms with E-state index in [0.29, 0.717) is 0 Å². The van der Waals surface area contributed by atoms with Gasteiger partial charge < -0.3 is 10.3 Å². The lowest BCUT2D eigenvalue weighted by Crippen LogP contribution is -2.33. The molecule has 0 unspecified atom stereocenters. The normalized spacial score (nSPS) is 16.4. The predicted molar refractivity (Wildman–Crippen MR) is 79.4 cm³/mol. The Morgan fingerprint density at radius 3 is 3.00 bits per heavy atom. The zero-order valence-electron chi connectivity index (χ0n) is 11.7. The Hall–Kier alpha value is -1.84. The van der Waals surface area contributed by atoms with Gasteiger partial charge in [0.15, 0.2) is 0 Å². The molecule has 0 aliphatic heterocycles. The average Bonchev–Trinajstić information content (AvgIpc) is 2.95. The minimum Gasteiger partial charge on any atom is -0.356 e. The molecule has 4 nitrogen and oxygen atoms in total. The number of aromatic nitrogens is 2. The smallest absolute Gasteiger partial charge is 0.223 e. The van der Waals surface area contributed by atoms with Crippen molar-refractivity contribution in [2.24, 2.45) is 5.92 Å². The van der Waals surface area contributed by atoms with Crippen LogP contribution in [0.2, 0.25) is 0 Å². The second-order valence-corrected chi connectivity index (χ2v) is 5.63. The summed E-state index contributed by atoms with van der Waals surface area (Å²) >= 11 is 0. The fraction of sp³-hybridized carbons (Fsp3) is 0.500. The van der Waals surface area contributed by atoms with E-state index in [9.17, 15) is 4.79 Å². The predicted octanol–water partition coefficient (Wildman–Crippen LogP) is 2.80. The molecule has 1 aromatic heterocycles. The third-order valence-corrected chi connectivity index (χ3v) is 4.17. The van der Waals surface area contributed by atoms with Crippen LogP contribution in [0.3, 0.4) is 0 Å². The molecule has 1 fully saturated rings. The summed E-state index contributed by atoms with van der Waals surface area (Å²) in [5.74, 6) is 0.492. The van der Waals surface area contributed by atoms with Crippen LogP contribution in [-0.2, 0) is 11.2 Å². The molecule has 1 heterocycles. The topological polar surface area (TPSA) is 57.8 Å². The van der Waals surface area contributed by atoms with E-state index < -0.39 is 0 Å². The third-order valence-electron chi connectivity index (χ3n) is 4.17. The van der Waals surface area contributed by atoms with Gasteiger partial charge >= 0.3 is 0 Å². The van der Waals surface area contributed by atoms with Crippen molar-refractivity contribution in [1.82, 2.24) is 15.3 Å². The maximum Gasteiger partial charge on any atom is 0.223 e. The van der Waals surface area contributed by atoms with Crippen LogP contribution in [0, 0.1) is 5.92 Å². The second kappa shape index (κ2) is 6.07. The minimum absolute atomic E-state index is 0.243. The van der Waals surface area contributed by atoms with Gasteiger partial charge in [0.2, 0.25) is 5.91 Å². The fourth-order valence-electron chi connectivity index (χ4n) is 2.98. The standard InChI is InChI=1S/C16H21N3O/c20-16(13-4-2-1-3-5-13)17-9-8-12-6-7-14-15(10-12)19-11-18-14/h6-7,10-11,13H,1-5,8-9H2,(H,17,20)(H,18,19). The summed E-state index contributed by atoms with van der Waals surface area (Å²) < 4.78 is 0. The molecule has 0 atom stereocenters. The summed E-state index contributed by atoms with van der Waals surface area (Å²) in [7, 11) is 0. The molecule has 3 rings (SSSR count). The molecule has 0 spiro atoms. The monoisotopic (exact) mass is 271 g/mol. The first-order valence-corrected chi connectivity index (χ1v) is 7.52. The van der Waals surface area contributed by atoms with E-state index in [2.05, 4.69) is 27.4 Å². The fourth-order valence-corrected chi connectivity index (χ4v) is 2.98. The van der Waals surface area contributed by atoms with Crippen molar-refractivity contribution in [3.05, 3.63) is 30.1 Å². The number of carbonyl (C=O) groups is 1. The van der Waals surface area contributed by atoms with E-state index in [4.69, 9.17) is 0 Å². The molecule has 1 aromatic carbocycles. The highest BCUT2D eigenvalue weighted by Gasteiger charge is 2.20. The third kappa shape index (κ3) is 3.00. The van der Waals surface area contributed by atoms with Crippen molar-refractivity contribution in [2.45, 2.75) is 38.5 Å². The van der Waals surface area contributed by atoms with Crippen molar-refractivity contribution in [2.75, 3.05) is 6.54 Å². The van der Waals surface area contributed by atoms with Gasteiger partial charge in [-0.1, -0.05) is 25.3 Å². The summed E-state index contributed by atoms with van der Waals surface area (Å²) in [6.45, 7) is 0.717. The lowest BCUT2D eigenvalue weighted by atomic mass is 9.88. The number of benzene rings is 1. The van der Waals surface area contributed by atoms with Crippen molar-refractivity contribution in [3.8, 4) is 0 Å². The van der Waals surface area contributed by atoms with Gasteiger partial charge in [-0.05, 0) is 37.0 Å². The molecule has 20 heavy (non-hydrogen) atoms. The Bertz CT molecular complexity index is 584. The molecule has 106 valence electrons. The first kappa shape index (κ1) is 13.2. The molecule has 0 bridgehead atoms. The molecule has 1 amide bonds. The molecule has 0 saturated heterocycles. The second-order valence-electron chi connectivity index (χ2n) is 5.63. The Labute approximate surface area is 119 Å². The quantitative estimate of drug-likeness (QED) is 0.898. The highest BCUT2D eigenvalue weighted by atomic mass is 16.1. The van der Waals surface area contributed by atoms with Crippen molar-refractivity contribution in [3.63, 3.8) is 0 Å². The van der Waals surface area contributed by atoms with Crippen LogP contribution in [0.4, 0.5) is 0 Å². The number of aromatic amines is 1. The molecular weight excluding hydrogens is 250 g/mol. The van der Waals surface area contributed by atoms with Gasteiger partial charge in [-0.3, -0.25) is 4.79 Å². The van der Waals surface area contributed by atoms with Gasteiger partial charge in [-0.25, -0.2) is 4.98 Å². The Morgan fingerprint density at radius 1 is 1.30 bits per heavy atom. The molecule has 2 aromatic rings. The maximum atomic E-state index is 12.0. The van der Waals surface area contributed by atoms with Crippen LogP contribution in [0.1, 0.15) is 37.7 Å². The van der Waals surface area contributed by atoms with E-state index in [0.717, 1.165) is 36.8 Å². The summed E-state index contributed by atoms with van der Waals surface area (Å²) in [5.41, 5.74) is 3.27. The van der Waals surface area contributed by atoms with Crippen LogP contribution in [-0.4, -0.2) is 22.4 Å².